The van der Waals surface area contributed by atoms with Crippen molar-refractivity contribution in [2.75, 3.05) is 0 Å². The van der Waals surface area contributed by atoms with E-state index in [1.165, 1.54) is 12.1 Å². The second-order valence-electron chi connectivity index (χ2n) is 4.59. The Hall–Kier alpha value is -1.19. The molecule has 3 heteroatoms. The summed E-state index contributed by atoms with van der Waals surface area (Å²) >= 11 is 3.38. The third kappa shape index (κ3) is 3.18. The van der Waals surface area contributed by atoms with E-state index in [0.717, 1.165) is 15.6 Å². The summed E-state index contributed by atoms with van der Waals surface area (Å²) in [4.78, 5) is 0. The van der Waals surface area contributed by atoms with Gasteiger partial charge in [0, 0.05) is 10.9 Å². The molecule has 0 spiro atoms. The molecule has 0 saturated carbocycles. The summed E-state index contributed by atoms with van der Waals surface area (Å²) in [5.41, 5.74) is 0.568. The highest BCUT2D eigenvalue weighted by Crippen LogP contribution is 2.27. The maximum atomic E-state index is 13.1. The average Bonchev–Trinajstić information content (AvgIpc) is 2.28. The van der Waals surface area contributed by atoms with E-state index in [2.05, 4.69) is 15.9 Å². The summed E-state index contributed by atoms with van der Waals surface area (Å²) in [6.07, 6.45) is 0.376. The zero-order valence-corrected chi connectivity index (χ0v) is 11.6. The van der Waals surface area contributed by atoms with Crippen molar-refractivity contribution in [1.29, 1.82) is 0 Å². The Morgan fingerprint density at radius 3 is 2.56 bits per heavy atom. The molecule has 0 aromatic heterocycles. The van der Waals surface area contributed by atoms with Crippen LogP contribution in [0.1, 0.15) is 18.1 Å². The lowest BCUT2D eigenvalue weighted by molar-refractivity contribution is 0.0575. The monoisotopic (exact) mass is 308 g/mol. The van der Waals surface area contributed by atoms with Gasteiger partial charge in [-0.15, -0.1) is 0 Å². The first-order valence-electron chi connectivity index (χ1n) is 5.70. The summed E-state index contributed by atoms with van der Waals surface area (Å²) in [5, 5.41) is 10.5. The van der Waals surface area contributed by atoms with Crippen LogP contribution >= 0.6 is 15.9 Å². The Bertz CT molecular complexity index is 552. The van der Waals surface area contributed by atoms with E-state index < -0.39 is 5.60 Å². The fraction of sp³-hybridized carbons (Fsp3) is 0.200. The smallest absolute Gasteiger partial charge is 0.123 e. The minimum atomic E-state index is -1.02. The molecule has 0 saturated heterocycles. The van der Waals surface area contributed by atoms with Gasteiger partial charge in [0.25, 0.3) is 0 Å². The molecular formula is C15H14BrFO. The Labute approximate surface area is 114 Å². The van der Waals surface area contributed by atoms with Gasteiger partial charge in [-0.2, -0.15) is 0 Å². The molecule has 1 unspecified atom stereocenters. The average molecular weight is 309 g/mol. The normalized spacial score (nSPS) is 14.2. The van der Waals surface area contributed by atoms with Crippen LogP contribution in [0.5, 0.6) is 0 Å². The van der Waals surface area contributed by atoms with Gasteiger partial charge in [-0.25, -0.2) is 4.39 Å². The molecule has 1 N–H and O–H groups in total. The summed E-state index contributed by atoms with van der Waals surface area (Å²) in [6.45, 7) is 1.74. The van der Waals surface area contributed by atoms with E-state index in [9.17, 15) is 9.50 Å². The van der Waals surface area contributed by atoms with Gasteiger partial charge in [-0.3, -0.25) is 0 Å². The Kier molecular flexibility index (Phi) is 3.83. The van der Waals surface area contributed by atoms with E-state index in [0.29, 0.717) is 6.42 Å². The van der Waals surface area contributed by atoms with Crippen LogP contribution in [0.4, 0.5) is 4.39 Å². The quantitative estimate of drug-likeness (QED) is 0.907. The van der Waals surface area contributed by atoms with Crippen molar-refractivity contribution in [3.63, 3.8) is 0 Å². The lowest BCUT2D eigenvalue weighted by atomic mass is 9.89. The largest absolute Gasteiger partial charge is 0.385 e. The molecule has 0 radical (unpaired) electrons. The van der Waals surface area contributed by atoms with Gasteiger partial charge in [-0.05, 0) is 42.3 Å². The van der Waals surface area contributed by atoms with E-state index in [4.69, 9.17) is 0 Å². The number of halogens is 2. The molecule has 0 bridgehead atoms. The first-order valence-corrected chi connectivity index (χ1v) is 6.49. The van der Waals surface area contributed by atoms with E-state index in [1.807, 2.05) is 30.3 Å². The number of hydrogen-bond donors (Lipinski definition) is 1. The molecule has 0 aliphatic rings. The highest BCUT2D eigenvalue weighted by atomic mass is 79.9. The Morgan fingerprint density at radius 2 is 1.89 bits per heavy atom. The highest BCUT2D eigenvalue weighted by molar-refractivity contribution is 9.10. The zero-order chi connectivity index (χ0) is 13.2. The number of aliphatic hydroxyl groups is 1. The van der Waals surface area contributed by atoms with Gasteiger partial charge in [-0.1, -0.05) is 40.2 Å². The molecule has 2 aromatic carbocycles. The van der Waals surface area contributed by atoms with E-state index in [1.54, 1.807) is 13.0 Å². The molecule has 2 rings (SSSR count). The van der Waals surface area contributed by atoms with Gasteiger partial charge in [0.05, 0.1) is 5.60 Å². The number of hydrogen-bond acceptors (Lipinski definition) is 1. The van der Waals surface area contributed by atoms with Gasteiger partial charge in [0.15, 0.2) is 0 Å². The molecule has 0 amide bonds. The lowest BCUT2D eigenvalue weighted by Crippen LogP contribution is -2.24. The maximum absolute atomic E-state index is 13.1. The third-order valence-corrected chi connectivity index (χ3v) is 3.38. The van der Waals surface area contributed by atoms with Crippen molar-refractivity contribution in [1.82, 2.24) is 0 Å². The van der Waals surface area contributed by atoms with Crippen molar-refractivity contribution in [2.45, 2.75) is 18.9 Å². The van der Waals surface area contributed by atoms with Gasteiger partial charge < -0.3 is 5.11 Å². The van der Waals surface area contributed by atoms with Crippen molar-refractivity contribution < 1.29 is 9.50 Å². The molecular weight excluding hydrogens is 295 g/mol. The summed E-state index contributed by atoms with van der Waals surface area (Å²) in [6, 6.07) is 13.8. The van der Waals surface area contributed by atoms with Crippen molar-refractivity contribution >= 4 is 15.9 Å². The van der Waals surface area contributed by atoms with Crippen molar-refractivity contribution in [2.24, 2.45) is 0 Å². The standard InChI is InChI=1S/C15H14BrFO/c1-15(18,12-5-3-6-13(16)9-12)10-11-4-2-7-14(17)8-11/h2-9,18H,10H2,1H3. The van der Waals surface area contributed by atoms with Crippen LogP contribution in [0.25, 0.3) is 0 Å². The second-order valence-corrected chi connectivity index (χ2v) is 5.51. The van der Waals surface area contributed by atoms with Crippen LogP contribution in [0, 0.1) is 5.82 Å². The van der Waals surface area contributed by atoms with Gasteiger partial charge in [0.1, 0.15) is 5.82 Å². The van der Waals surface area contributed by atoms with Crippen LogP contribution < -0.4 is 0 Å². The first kappa shape index (κ1) is 13.2. The SMILES string of the molecule is CC(O)(Cc1cccc(F)c1)c1cccc(Br)c1. The minimum Gasteiger partial charge on any atom is -0.385 e. The molecule has 0 fully saturated rings. The highest BCUT2D eigenvalue weighted by Gasteiger charge is 2.23. The zero-order valence-electron chi connectivity index (χ0n) is 10.0. The predicted octanol–water partition coefficient (Wildman–Crippen LogP) is 4.04. The van der Waals surface area contributed by atoms with Gasteiger partial charge in [0.2, 0.25) is 0 Å². The molecule has 94 valence electrons. The maximum Gasteiger partial charge on any atom is 0.123 e. The van der Waals surface area contributed by atoms with Crippen molar-refractivity contribution in [3.05, 3.63) is 69.9 Å². The van der Waals surface area contributed by atoms with Crippen LogP contribution in [-0.4, -0.2) is 5.11 Å². The predicted molar refractivity (Wildman–Crippen MR) is 73.8 cm³/mol. The van der Waals surface area contributed by atoms with Crippen molar-refractivity contribution in [3.8, 4) is 0 Å². The molecule has 0 aliphatic carbocycles. The molecule has 0 aliphatic heterocycles. The fourth-order valence-electron chi connectivity index (χ4n) is 1.97. The number of benzene rings is 2. The van der Waals surface area contributed by atoms with Crippen LogP contribution in [0.15, 0.2) is 53.0 Å². The van der Waals surface area contributed by atoms with Crippen LogP contribution in [-0.2, 0) is 12.0 Å². The Morgan fingerprint density at radius 1 is 1.17 bits per heavy atom. The summed E-state index contributed by atoms with van der Waals surface area (Å²) in [7, 11) is 0. The molecule has 0 heterocycles. The molecule has 2 aromatic rings. The van der Waals surface area contributed by atoms with Gasteiger partial charge >= 0.3 is 0 Å². The minimum absolute atomic E-state index is 0.280. The molecule has 1 atom stereocenters. The molecule has 18 heavy (non-hydrogen) atoms. The number of rotatable bonds is 3. The summed E-state index contributed by atoms with van der Waals surface area (Å²) in [5.74, 6) is -0.280. The fourth-order valence-corrected chi connectivity index (χ4v) is 2.37. The topological polar surface area (TPSA) is 20.2 Å². The van der Waals surface area contributed by atoms with Crippen LogP contribution in [0.3, 0.4) is 0 Å². The molecule has 1 nitrogen and oxygen atoms in total. The van der Waals surface area contributed by atoms with E-state index in [-0.39, 0.29) is 5.82 Å². The lowest BCUT2D eigenvalue weighted by Gasteiger charge is -2.24. The van der Waals surface area contributed by atoms with E-state index >= 15 is 0 Å². The second kappa shape index (κ2) is 5.21. The Balaban J connectivity index is 2.26. The summed E-state index contributed by atoms with van der Waals surface area (Å²) < 4.78 is 14.0. The third-order valence-electron chi connectivity index (χ3n) is 2.88. The first-order chi connectivity index (χ1) is 8.47. The van der Waals surface area contributed by atoms with Crippen LogP contribution in [0.2, 0.25) is 0 Å².